The van der Waals surface area contributed by atoms with Crippen LogP contribution in [-0.4, -0.2) is 88.8 Å². The number of esters is 5. The van der Waals surface area contributed by atoms with Gasteiger partial charge in [-0.2, -0.15) is 0 Å². The highest BCUT2D eigenvalue weighted by molar-refractivity contribution is 5.70. The van der Waals surface area contributed by atoms with Crippen molar-refractivity contribution in [3.8, 4) is 0 Å². The van der Waals surface area contributed by atoms with Gasteiger partial charge in [0.2, 0.25) is 0 Å². The van der Waals surface area contributed by atoms with E-state index in [1.54, 1.807) is 0 Å². The van der Waals surface area contributed by atoms with Gasteiger partial charge >= 0.3 is 29.8 Å². The van der Waals surface area contributed by atoms with E-state index in [1.165, 1.54) is 363 Å². The Morgan fingerprint density at radius 2 is 0.295 bits per heavy atom. The highest BCUT2D eigenvalue weighted by atomic mass is 16.5. The zero-order chi connectivity index (χ0) is 78.0. The molecule has 0 heterocycles. The minimum Gasteiger partial charge on any atom is -0.469 e. The van der Waals surface area contributed by atoms with E-state index in [2.05, 4.69) is 105 Å². The molecular weight excluding hydrogens is 1310 g/mol. The molecule has 0 bridgehead atoms. The fraction of sp³-hybridized carbons (Fsp3) is 0.839. The summed E-state index contributed by atoms with van der Waals surface area (Å²) in [6, 6.07) is 0. The summed E-state index contributed by atoms with van der Waals surface area (Å²) in [6.45, 7) is 7.47. The van der Waals surface area contributed by atoms with E-state index in [4.69, 9.17) is 10.2 Å². The number of carbonyl (C=O) groups is 5. The van der Waals surface area contributed by atoms with Crippen LogP contribution in [0.4, 0.5) is 0 Å². The molecule has 0 aromatic heterocycles. The Morgan fingerprint density at radius 1 is 0.181 bits per heavy atom. The van der Waals surface area contributed by atoms with E-state index >= 15 is 0 Å². The topological polar surface area (TPSA) is 172 Å². The maximum atomic E-state index is 10.9. The van der Waals surface area contributed by atoms with E-state index in [0.29, 0.717) is 45.3 Å². The summed E-state index contributed by atoms with van der Waals surface area (Å²) in [6.07, 6.45) is 105. The van der Waals surface area contributed by atoms with Gasteiger partial charge in [-0.25, -0.2) is 0 Å². The van der Waals surface area contributed by atoms with Crippen molar-refractivity contribution in [3.05, 3.63) is 60.8 Å². The second-order valence-electron chi connectivity index (χ2n) is 29.0. The van der Waals surface area contributed by atoms with Gasteiger partial charge in [0, 0.05) is 45.3 Å². The quantitative estimate of drug-likeness (QED) is 0.0256. The summed E-state index contributed by atoms with van der Waals surface area (Å²) in [4.78, 5) is 54.5. The van der Waals surface area contributed by atoms with Crippen molar-refractivity contribution in [1.82, 2.24) is 0 Å². The van der Waals surface area contributed by atoms with E-state index in [0.717, 1.165) is 77.0 Å². The molecule has 0 aromatic carbocycles. The third-order valence-electron chi connectivity index (χ3n) is 19.0. The van der Waals surface area contributed by atoms with Crippen molar-refractivity contribution in [2.24, 2.45) is 0 Å². The highest BCUT2D eigenvalue weighted by Crippen LogP contribution is 2.17. The number of rotatable bonds is 75. The monoisotopic (exact) mass is 1490 g/mol. The van der Waals surface area contributed by atoms with Crippen LogP contribution in [0.25, 0.3) is 0 Å². The molecular formula is C93H176O12. The number of allylic oxidation sites excluding steroid dienone is 10. The van der Waals surface area contributed by atoms with Gasteiger partial charge in [0.15, 0.2) is 0 Å². The van der Waals surface area contributed by atoms with Gasteiger partial charge in [-0.05, 0) is 173 Å². The SMILES string of the molecule is CCCCCC/C=C/CCCCCCCC(=O)OC.CCCCCCCC/C=C/CCCCCCCC(=O)OC.CCCCCCCC/C=C\CCCCCCCC(=O)OC.COC(=O)CCCCCCC/C=C/CCCCCCCCO.COC(=O)CCCCCCC/C=C\CCCCCCCCO. The van der Waals surface area contributed by atoms with Gasteiger partial charge in [-0.15, -0.1) is 0 Å². The lowest BCUT2D eigenvalue weighted by Crippen LogP contribution is -1.98. The maximum Gasteiger partial charge on any atom is 0.305 e. The van der Waals surface area contributed by atoms with Crippen LogP contribution in [-0.2, 0) is 47.7 Å². The third kappa shape index (κ3) is 116. The molecule has 0 saturated carbocycles. The molecule has 620 valence electrons. The van der Waals surface area contributed by atoms with Crippen molar-refractivity contribution < 1.29 is 57.9 Å². The number of carbonyl (C=O) groups excluding carboxylic acids is 5. The van der Waals surface area contributed by atoms with Crippen molar-refractivity contribution in [3.63, 3.8) is 0 Å². The molecule has 0 aliphatic carbocycles. The molecule has 0 radical (unpaired) electrons. The molecule has 12 heteroatoms. The Balaban J connectivity index is -0.000000397. The lowest BCUT2D eigenvalue weighted by atomic mass is 10.1. The van der Waals surface area contributed by atoms with Gasteiger partial charge in [-0.1, -0.05) is 313 Å². The van der Waals surface area contributed by atoms with Gasteiger partial charge in [0.25, 0.3) is 0 Å². The molecule has 0 amide bonds. The third-order valence-corrected chi connectivity index (χ3v) is 19.0. The van der Waals surface area contributed by atoms with Crippen molar-refractivity contribution >= 4 is 29.8 Å². The molecule has 0 aromatic rings. The summed E-state index contributed by atoms with van der Waals surface area (Å²) in [5.74, 6) is -0.404. The van der Waals surface area contributed by atoms with Crippen LogP contribution in [0.1, 0.15) is 457 Å². The van der Waals surface area contributed by atoms with Gasteiger partial charge in [0.1, 0.15) is 0 Å². The molecule has 0 saturated heterocycles. The lowest BCUT2D eigenvalue weighted by molar-refractivity contribution is -0.141. The van der Waals surface area contributed by atoms with E-state index in [-0.39, 0.29) is 29.8 Å². The molecule has 0 atom stereocenters. The molecule has 0 spiro atoms. The first-order valence-corrected chi connectivity index (χ1v) is 44.4. The van der Waals surface area contributed by atoms with Crippen LogP contribution in [0, 0.1) is 0 Å². The zero-order valence-electron chi connectivity index (χ0n) is 70.7. The Morgan fingerprint density at radius 3 is 0.429 bits per heavy atom. The molecule has 0 rings (SSSR count). The minimum atomic E-state index is -0.0867. The van der Waals surface area contributed by atoms with E-state index in [9.17, 15) is 24.0 Å². The number of ether oxygens (including phenoxy) is 5. The Labute approximate surface area is 651 Å². The van der Waals surface area contributed by atoms with Crippen molar-refractivity contribution in [2.75, 3.05) is 48.8 Å². The smallest absolute Gasteiger partial charge is 0.305 e. The first-order valence-electron chi connectivity index (χ1n) is 44.4. The predicted octanol–water partition coefficient (Wildman–Crippen LogP) is 28.1. The average molecular weight is 1490 g/mol. The number of hydrogen-bond donors (Lipinski definition) is 2. The molecule has 12 nitrogen and oxygen atoms in total. The molecule has 105 heavy (non-hydrogen) atoms. The van der Waals surface area contributed by atoms with Crippen LogP contribution < -0.4 is 0 Å². The zero-order valence-corrected chi connectivity index (χ0v) is 70.7. The first-order chi connectivity index (χ1) is 51.5. The molecule has 0 aliphatic rings. The number of aliphatic hydroxyl groups excluding tert-OH is 2. The van der Waals surface area contributed by atoms with Crippen LogP contribution in [0.5, 0.6) is 0 Å². The van der Waals surface area contributed by atoms with Gasteiger partial charge in [0.05, 0.1) is 35.5 Å². The standard InChI is InChI=1S/2C19H36O3.2C19H36O2.C17H32O2/c2*1-22-19(21)17-15-13-11-9-7-5-3-2-4-6-8-10-12-14-16-18-20;2*1-3-4-5-6-7-8-9-10-11-12-13-14-15-16-17-18-19(20)21-2;1-3-4-5-6-7-8-9-10-11-12-13-14-15-16-17(18)19-2/h2*2-3,20H,4-18H2,1H3;2*10-11H,3-9,12-18H2,1-2H3;8-9H,3-7,10-16H2,1-2H3/b3-2+;3-2-;11-10+;11-10-;9-8+. The summed E-state index contributed by atoms with van der Waals surface area (Å²) >= 11 is 0. The lowest BCUT2D eigenvalue weighted by Gasteiger charge is -2.00. The van der Waals surface area contributed by atoms with Crippen LogP contribution >= 0.6 is 0 Å². The fourth-order valence-corrected chi connectivity index (χ4v) is 11.9. The fourth-order valence-electron chi connectivity index (χ4n) is 11.9. The van der Waals surface area contributed by atoms with E-state index < -0.39 is 0 Å². The number of methoxy groups -OCH3 is 5. The van der Waals surface area contributed by atoms with Gasteiger partial charge in [-0.3, -0.25) is 24.0 Å². The van der Waals surface area contributed by atoms with Crippen LogP contribution in [0.2, 0.25) is 0 Å². The predicted molar refractivity (Wildman–Crippen MR) is 451 cm³/mol. The number of unbranched alkanes of at least 4 members (excludes halogenated alkanes) is 53. The Bertz CT molecular complexity index is 1730. The Kier molecular flexibility index (Phi) is 111. The van der Waals surface area contributed by atoms with Crippen LogP contribution in [0.15, 0.2) is 60.8 Å². The normalized spacial score (nSPS) is 11.1. The summed E-state index contributed by atoms with van der Waals surface area (Å²) < 4.78 is 23.1. The Hall–Kier alpha value is -4.03. The van der Waals surface area contributed by atoms with Crippen LogP contribution in [0.3, 0.4) is 0 Å². The summed E-state index contributed by atoms with van der Waals surface area (Å²) in [5.41, 5.74) is 0. The largest absolute Gasteiger partial charge is 0.469 e. The summed E-state index contributed by atoms with van der Waals surface area (Å²) in [5, 5.41) is 17.3. The maximum absolute atomic E-state index is 10.9. The van der Waals surface area contributed by atoms with Crippen molar-refractivity contribution in [2.45, 2.75) is 457 Å². The average Bonchev–Trinajstić information content (AvgIpc) is 3.77. The van der Waals surface area contributed by atoms with E-state index in [1.807, 2.05) is 0 Å². The molecule has 0 fully saturated rings. The summed E-state index contributed by atoms with van der Waals surface area (Å²) in [7, 11) is 7.27. The minimum absolute atomic E-state index is 0.0763. The second-order valence-corrected chi connectivity index (χ2v) is 29.0. The molecule has 2 N–H and O–H groups in total. The number of aliphatic hydroxyl groups is 2. The highest BCUT2D eigenvalue weighted by Gasteiger charge is 2.04. The number of hydrogen-bond acceptors (Lipinski definition) is 12. The van der Waals surface area contributed by atoms with Crippen molar-refractivity contribution in [1.29, 1.82) is 0 Å². The van der Waals surface area contributed by atoms with Gasteiger partial charge < -0.3 is 33.9 Å². The molecule has 0 aliphatic heterocycles. The second kappa shape index (κ2) is 106. The first kappa shape index (κ1) is 110. The molecule has 0 unspecified atom stereocenters.